The summed E-state index contributed by atoms with van der Waals surface area (Å²) in [6.07, 6.45) is 5.52. The summed E-state index contributed by atoms with van der Waals surface area (Å²) in [6, 6.07) is 14.4. The van der Waals surface area contributed by atoms with Crippen molar-refractivity contribution in [1.82, 2.24) is 19.9 Å². The van der Waals surface area contributed by atoms with Crippen LogP contribution in [0.15, 0.2) is 59.3 Å². The van der Waals surface area contributed by atoms with Gasteiger partial charge in [-0.05, 0) is 38.1 Å². The molecule has 0 saturated carbocycles. The van der Waals surface area contributed by atoms with Gasteiger partial charge in [0.2, 0.25) is 5.71 Å². The number of rotatable bonds is 2. The summed E-state index contributed by atoms with van der Waals surface area (Å²) >= 11 is 0. The number of furan rings is 1. The fourth-order valence-corrected chi connectivity index (χ4v) is 4.54. The molecule has 0 amide bonds. The van der Waals surface area contributed by atoms with Crippen molar-refractivity contribution in [3.05, 3.63) is 71.2 Å². The molecule has 6 rings (SSSR count). The molecule has 0 N–H and O–H groups in total. The Morgan fingerprint density at radius 3 is 2.58 bits per heavy atom. The highest BCUT2D eigenvalue weighted by atomic mass is 16.3. The number of hydrogen-bond donors (Lipinski definition) is 0. The average Bonchev–Trinajstić information content (AvgIpc) is 3.27. The molecule has 4 aromatic rings. The quantitative estimate of drug-likeness (QED) is 0.473. The second-order valence-corrected chi connectivity index (χ2v) is 7.99. The minimum Gasteiger partial charge on any atom is -0.436 e. The standard InChI is InChI=1S/C23H21BN6O/c1-15-9-10-18-19-13-24(3)28(14-20(19)31-23(18)27-15)30-16(2)29(17-7-5-4-6-8-17)21-22(30)26-12-11-25-21/h4-14,16H,1-3H3/t16-/m0/s1. The van der Waals surface area contributed by atoms with E-state index in [9.17, 15) is 0 Å². The van der Waals surface area contributed by atoms with E-state index >= 15 is 0 Å². The topological polar surface area (TPSA) is 61.5 Å². The van der Waals surface area contributed by atoms with Gasteiger partial charge in [0.1, 0.15) is 6.17 Å². The van der Waals surface area contributed by atoms with Gasteiger partial charge in [-0.15, -0.1) is 0 Å². The molecule has 8 heteroatoms. The Bertz CT molecular complexity index is 1420. The number of hydrogen-bond acceptors (Lipinski definition) is 7. The third-order valence-electron chi connectivity index (χ3n) is 5.95. The molecule has 0 saturated heterocycles. The number of anilines is 3. The Balaban J connectivity index is 1.50. The first-order valence-corrected chi connectivity index (χ1v) is 10.4. The Hall–Kier alpha value is -3.81. The maximum Gasteiger partial charge on any atom is 0.304 e. The van der Waals surface area contributed by atoms with Crippen LogP contribution in [0.5, 0.6) is 0 Å². The van der Waals surface area contributed by atoms with Crippen molar-refractivity contribution in [3.63, 3.8) is 0 Å². The Kier molecular flexibility index (Phi) is 3.83. The first-order valence-electron chi connectivity index (χ1n) is 10.4. The van der Waals surface area contributed by atoms with Crippen molar-refractivity contribution in [1.29, 1.82) is 0 Å². The summed E-state index contributed by atoms with van der Waals surface area (Å²) in [4.78, 5) is 18.3. The summed E-state index contributed by atoms with van der Waals surface area (Å²) in [5.41, 5.74) is 3.51. The monoisotopic (exact) mass is 408 g/mol. The van der Waals surface area contributed by atoms with E-state index in [-0.39, 0.29) is 13.0 Å². The Morgan fingerprint density at radius 1 is 1.00 bits per heavy atom. The van der Waals surface area contributed by atoms with Gasteiger partial charge < -0.3 is 14.2 Å². The lowest BCUT2D eigenvalue weighted by Gasteiger charge is -2.39. The summed E-state index contributed by atoms with van der Waals surface area (Å²) in [6.45, 7) is 6.41. The zero-order valence-corrected chi connectivity index (χ0v) is 17.6. The normalized spacial score (nSPS) is 17.5. The third kappa shape index (κ3) is 2.64. The lowest BCUT2D eigenvalue weighted by molar-refractivity contribution is 0.479. The highest BCUT2D eigenvalue weighted by Crippen LogP contribution is 2.42. The number of fused-ring (bicyclic) bond motifs is 4. The second-order valence-electron chi connectivity index (χ2n) is 7.99. The number of para-hydroxylation sites is 1. The molecule has 2 aliphatic heterocycles. The van der Waals surface area contributed by atoms with Crippen LogP contribution in [-0.4, -0.2) is 32.9 Å². The number of pyridine rings is 1. The molecule has 0 spiro atoms. The molecule has 152 valence electrons. The average molecular weight is 408 g/mol. The second kappa shape index (κ2) is 6.60. The zero-order valence-electron chi connectivity index (χ0n) is 17.6. The van der Waals surface area contributed by atoms with Crippen molar-refractivity contribution < 1.29 is 4.42 Å². The van der Waals surface area contributed by atoms with E-state index in [2.05, 4.69) is 68.9 Å². The third-order valence-corrected chi connectivity index (χ3v) is 5.95. The molecule has 3 aromatic heterocycles. The summed E-state index contributed by atoms with van der Waals surface area (Å²) < 4.78 is 6.13. The van der Waals surface area contributed by atoms with Crippen LogP contribution in [0.2, 0.25) is 6.82 Å². The predicted molar refractivity (Wildman–Crippen MR) is 123 cm³/mol. The molecule has 1 atom stereocenters. The van der Waals surface area contributed by atoms with E-state index in [1.807, 2.05) is 31.2 Å². The van der Waals surface area contributed by atoms with Crippen LogP contribution in [0.3, 0.4) is 0 Å². The molecular formula is C23H21BN6O. The van der Waals surface area contributed by atoms with Gasteiger partial charge in [-0.3, -0.25) is 5.01 Å². The lowest BCUT2D eigenvalue weighted by Crippen LogP contribution is -2.55. The van der Waals surface area contributed by atoms with Gasteiger partial charge in [-0.1, -0.05) is 31.0 Å². The fraction of sp³-hybridized carbons (Fsp3) is 0.174. The van der Waals surface area contributed by atoms with Gasteiger partial charge in [0.15, 0.2) is 17.1 Å². The summed E-state index contributed by atoms with van der Waals surface area (Å²) in [5, 5.41) is 4.33. The minimum atomic E-state index is -0.0156. The van der Waals surface area contributed by atoms with Gasteiger partial charge in [0.25, 0.3) is 0 Å². The van der Waals surface area contributed by atoms with E-state index in [1.54, 1.807) is 12.4 Å². The van der Waals surface area contributed by atoms with E-state index in [0.717, 1.165) is 39.0 Å². The number of aryl methyl sites for hydroxylation is 1. The largest absolute Gasteiger partial charge is 0.436 e. The zero-order chi connectivity index (χ0) is 21.1. The lowest BCUT2D eigenvalue weighted by atomic mass is 9.63. The summed E-state index contributed by atoms with van der Waals surface area (Å²) in [7, 11) is 0. The summed E-state index contributed by atoms with van der Waals surface area (Å²) in [5.74, 6) is 3.89. The predicted octanol–water partition coefficient (Wildman–Crippen LogP) is 2.84. The van der Waals surface area contributed by atoms with Crippen molar-refractivity contribution in [2.75, 3.05) is 9.91 Å². The molecule has 0 bridgehead atoms. The van der Waals surface area contributed by atoms with Crippen LogP contribution < -0.4 is 20.5 Å². The van der Waals surface area contributed by atoms with Gasteiger partial charge in [-0.2, -0.15) is 0 Å². The van der Waals surface area contributed by atoms with Crippen molar-refractivity contribution in [2.24, 2.45) is 0 Å². The van der Waals surface area contributed by atoms with Crippen LogP contribution in [0.4, 0.5) is 17.3 Å². The molecule has 2 aliphatic rings. The molecule has 7 nitrogen and oxygen atoms in total. The first kappa shape index (κ1) is 18.0. The Morgan fingerprint density at radius 2 is 1.77 bits per heavy atom. The van der Waals surface area contributed by atoms with Crippen LogP contribution in [-0.2, 0) is 0 Å². The molecule has 5 heterocycles. The van der Waals surface area contributed by atoms with E-state index in [1.165, 1.54) is 0 Å². The number of hydrazine groups is 1. The molecule has 0 aliphatic carbocycles. The molecule has 0 radical (unpaired) electrons. The van der Waals surface area contributed by atoms with Gasteiger partial charge >= 0.3 is 6.85 Å². The molecule has 0 unspecified atom stereocenters. The van der Waals surface area contributed by atoms with Crippen molar-refractivity contribution in [3.8, 4) is 0 Å². The van der Waals surface area contributed by atoms with Crippen LogP contribution in [0, 0.1) is 6.92 Å². The fourth-order valence-electron chi connectivity index (χ4n) is 4.54. The highest BCUT2D eigenvalue weighted by molar-refractivity contribution is 6.70. The number of aromatic nitrogens is 3. The van der Waals surface area contributed by atoms with Gasteiger partial charge in [-0.25, -0.2) is 15.0 Å². The van der Waals surface area contributed by atoms with Crippen LogP contribution in [0.25, 0.3) is 23.3 Å². The van der Waals surface area contributed by atoms with Gasteiger partial charge in [0, 0.05) is 34.4 Å². The molecular weight excluding hydrogens is 387 g/mol. The van der Waals surface area contributed by atoms with E-state index in [0.29, 0.717) is 5.71 Å². The number of benzene rings is 1. The SMILES string of the molecule is CB1C=c2c(oc3nc(C)ccc23)=CN1N1c2nccnc2N(c2ccccc2)[C@@H]1C. The maximum absolute atomic E-state index is 6.13. The maximum atomic E-state index is 6.13. The first-order chi connectivity index (χ1) is 15.1. The van der Waals surface area contributed by atoms with E-state index < -0.39 is 0 Å². The van der Waals surface area contributed by atoms with Crippen LogP contribution in [0.1, 0.15) is 12.6 Å². The van der Waals surface area contributed by atoms with Crippen molar-refractivity contribution in [2.45, 2.75) is 26.8 Å². The van der Waals surface area contributed by atoms with Crippen LogP contribution >= 0.6 is 0 Å². The molecule has 1 aromatic carbocycles. The van der Waals surface area contributed by atoms with Gasteiger partial charge in [0.05, 0.1) is 6.20 Å². The van der Waals surface area contributed by atoms with E-state index in [4.69, 9.17) is 9.40 Å². The highest BCUT2D eigenvalue weighted by Gasteiger charge is 2.41. The smallest absolute Gasteiger partial charge is 0.304 e. The number of nitrogens with zero attached hydrogens (tertiary/aromatic N) is 6. The molecule has 0 fully saturated rings. The molecule has 31 heavy (non-hydrogen) atoms. The minimum absolute atomic E-state index is 0.0156. The Labute approximate surface area is 180 Å². The van der Waals surface area contributed by atoms with Crippen molar-refractivity contribution >= 4 is 47.4 Å².